The number of nitrogens with zero attached hydrogens (tertiary/aromatic N) is 2. The van der Waals surface area contributed by atoms with Crippen LogP contribution in [-0.4, -0.2) is 17.6 Å². The standard InChI is InChI=1S/C19H16N2O3/c1-2-9-21-15-5-3-4-6-17(15)24-18-11-13(7-8-16(18)21)10-14(12-20)19(22)23/h3-8,10-11H,2,9H2,1H3,(H,22,23)/b14-10-. The van der Waals surface area contributed by atoms with Gasteiger partial charge in [-0.1, -0.05) is 25.1 Å². The van der Waals surface area contributed by atoms with Crippen molar-refractivity contribution in [3.63, 3.8) is 0 Å². The molecule has 0 spiro atoms. The van der Waals surface area contributed by atoms with Gasteiger partial charge in [0.15, 0.2) is 11.5 Å². The van der Waals surface area contributed by atoms with Crippen LogP contribution in [-0.2, 0) is 4.79 Å². The molecule has 0 unspecified atom stereocenters. The number of fused-ring (bicyclic) bond motifs is 2. The largest absolute Gasteiger partial charge is 0.477 e. The Balaban J connectivity index is 2.05. The van der Waals surface area contributed by atoms with E-state index in [1.165, 1.54) is 6.08 Å². The fourth-order valence-electron chi connectivity index (χ4n) is 2.71. The van der Waals surface area contributed by atoms with Gasteiger partial charge in [0.1, 0.15) is 11.6 Å². The molecule has 2 aromatic carbocycles. The Kier molecular flexibility index (Phi) is 4.21. The van der Waals surface area contributed by atoms with Crippen LogP contribution < -0.4 is 9.64 Å². The van der Waals surface area contributed by atoms with Gasteiger partial charge >= 0.3 is 5.97 Å². The SMILES string of the molecule is CCCN1c2ccccc2Oc2cc(/C=C(/C#N)C(=O)O)ccc21. The fraction of sp³-hybridized carbons (Fsp3) is 0.158. The summed E-state index contributed by atoms with van der Waals surface area (Å²) >= 11 is 0. The normalized spacial score (nSPS) is 12.7. The highest BCUT2D eigenvalue weighted by Gasteiger charge is 2.23. The van der Waals surface area contributed by atoms with Crippen LogP contribution in [0.15, 0.2) is 48.0 Å². The molecular formula is C19H16N2O3. The lowest BCUT2D eigenvalue weighted by atomic mass is 10.1. The van der Waals surface area contributed by atoms with Crippen molar-refractivity contribution in [1.29, 1.82) is 5.26 Å². The van der Waals surface area contributed by atoms with Crippen molar-refractivity contribution < 1.29 is 14.6 Å². The second-order valence-corrected chi connectivity index (χ2v) is 5.42. The lowest BCUT2D eigenvalue weighted by Crippen LogP contribution is -2.21. The molecule has 0 fully saturated rings. The number of rotatable bonds is 4. The molecule has 120 valence electrons. The molecule has 0 bridgehead atoms. The number of hydrogen-bond donors (Lipinski definition) is 1. The highest BCUT2D eigenvalue weighted by Crippen LogP contribution is 2.46. The average Bonchev–Trinajstić information content (AvgIpc) is 2.59. The maximum absolute atomic E-state index is 11.0. The van der Waals surface area contributed by atoms with Gasteiger partial charge in [0.25, 0.3) is 0 Å². The molecule has 1 aliphatic heterocycles. The summed E-state index contributed by atoms with van der Waals surface area (Å²) in [4.78, 5) is 13.2. The van der Waals surface area contributed by atoms with E-state index >= 15 is 0 Å². The van der Waals surface area contributed by atoms with Gasteiger partial charge in [-0.05, 0) is 42.3 Å². The molecule has 0 saturated carbocycles. The number of anilines is 2. The zero-order valence-corrected chi connectivity index (χ0v) is 13.2. The predicted molar refractivity (Wildman–Crippen MR) is 91.5 cm³/mol. The van der Waals surface area contributed by atoms with Crippen molar-refractivity contribution in [2.45, 2.75) is 13.3 Å². The number of ether oxygens (including phenoxy) is 1. The van der Waals surface area contributed by atoms with Crippen molar-refractivity contribution in [2.75, 3.05) is 11.4 Å². The molecule has 2 aromatic rings. The van der Waals surface area contributed by atoms with E-state index in [1.807, 2.05) is 30.3 Å². The minimum absolute atomic E-state index is 0.309. The lowest BCUT2D eigenvalue weighted by molar-refractivity contribution is -0.132. The van der Waals surface area contributed by atoms with E-state index in [2.05, 4.69) is 11.8 Å². The van der Waals surface area contributed by atoms with Gasteiger partial charge in [0.05, 0.1) is 11.4 Å². The number of carboxylic acid groups (broad SMARTS) is 1. The van der Waals surface area contributed by atoms with Gasteiger partial charge < -0.3 is 14.7 Å². The first-order chi connectivity index (χ1) is 11.6. The second-order valence-electron chi connectivity index (χ2n) is 5.42. The maximum atomic E-state index is 11.0. The molecule has 0 aromatic heterocycles. The molecule has 3 rings (SSSR count). The number of aliphatic carboxylic acids is 1. The maximum Gasteiger partial charge on any atom is 0.346 e. The van der Waals surface area contributed by atoms with E-state index in [-0.39, 0.29) is 5.57 Å². The van der Waals surface area contributed by atoms with Gasteiger partial charge in [-0.3, -0.25) is 0 Å². The van der Waals surface area contributed by atoms with Crippen LogP contribution in [0.5, 0.6) is 11.5 Å². The van der Waals surface area contributed by atoms with Crippen LogP contribution in [0.2, 0.25) is 0 Å². The Bertz CT molecular complexity index is 865. The Labute approximate surface area is 140 Å². The van der Waals surface area contributed by atoms with Gasteiger partial charge in [-0.25, -0.2) is 4.79 Å². The average molecular weight is 320 g/mol. The molecule has 5 nitrogen and oxygen atoms in total. The van der Waals surface area contributed by atoms with Crippen LogP contribution in [0.3, 0.4) is 0 Å². The summed E-state index contributed by atoms with van der Waals surface area (Å²) < 4.78 is 5.97. The van der Waals surface area contributed by atoms with Gasteiger partial charge in [-0.15, -0.1) is 0 Å². The summed E-state index contributed by atoms with van der Waals surface area (Å²) in [5.41, 5.74) is 2.25. The van der Waals surface area contributed by atoms with E-state index in [1.54, 1.807) is 18.2 Å². The van der Waals surface area contributed by atoms with Crippen LogP contribution in [0.4, 0.5) is 11.4 Å². The Morgan fingerprint density at radius 3 is 2.71 bits per heavy atom. The van der Waals surface area contributed by atoms with Crippen molar-refractivity contribution in [3.8, 4) is 17.6 Å². The smallest absolute Gasteiger partial charge is 0.346 e. The number of nitriles is 1. The van der Waals surface area contributed by atoms with Crippen molar-refractivity contribution in [2.24, 2.45) is 0 Å². The summed E-state index contributed by atoms with van der Waals surface area (Å²) in [7, 11) is 0. The molecule has 0 amide bonds. The van der Waals surface area contributed by atoms with E-state index in [0.29, 0.717) is 11.3 Å². The Hall–Kier alpha value is -3.26. The highest BCUT2D eigenvalue weighted by molar-refractivity contribution is 5.96. The Morgan fingerprint density at radius 2 is 2.00 bits per heavy atom. The molecule has 1 aliphatic rings. The second kappa shape index (κ2) is 6.47. The highest BCUT2D eigenvalue weighted by atomic mass is 16.5. The van der Waals surface area contributed by atoms with Crippen LogP contribution in [0.1, 0.15) is 18.9 Å². The molecule has 0 saturated heterocycles. The summed E-state index contributed by atoms with van der Waals surface area (Å²) in [5.74, 6) is 0.172. The number of para-hydroxylation sites is 2. The zero-order valence-electron chi connectivity index (χ0n) is 13.2. The molecular weight excluding hydrogens is 304 g/mol. The molecule has 24 heavy (non-hydrogen) atoms. The molecule has 0 atom stereocenters. The van der Waals surface area contributed by atoms with Gasteiger partial charge in [0.2, 0.25) is 0 Å². The number of carbonyl (C=O) groups is 1. The van der Waals surface area contributed by atoms with Crippen LogP contribution in [0.25, 0.3) is 6.08 Å². The van der Waals surface area contributed by atoms with Gasteiger partial charge in [-0.2, -0.15) is 5.26 Å². The summed E-state index contributed by atoms with van der Waals surface area (Å²) in [6, 6.07) is 14.9. The summed E-state index contributed by atoms with van der Waals surface area (Å²) in [5, 5.41) is 17.9. The van der Waals surface area contributed by atoms with Crippen LogP contribution in [0, 0.1) is 11.3 Å². The lowest BCUT2D eigenvalue weighted by Gasteiger charge is -2.32. The first kappa shape index (κ1) is 15.6. The van der Waals surface area contributed by atoms with Gasteiger partial charge in [0, 0.05) is 6.54 Å². The first-order valence-corrected chi connectivity index (χ1v) is 7.67. The fourth-order valence-corrected chi connectivity index (χ4v) is 2.71. The first-order valence-electron chi connectivity index (χ1n) is 7.67. The Morgan fingerprint density at radius 1 is 1.25 bits per heavy atom. The van der Waals surface area contributed by atoms with E-state index in [4.69, 9.17) is 15.1 Å². The zero-order chi connectivity index (χ0) is 17.1. The minimum Gasteiger partial charge on any atom is -0.477 e. The van der Waals surface area contributed by atoms with Crippen molar-refractivity contribution in [1.82, 2.24) is 0 Å². The third kappa shape index (κ3) is 2.82. The van der Waals surface area contributed by atoms with E-state index in [0.717, 1.165) is 30.1 Å². The summed E-state index contributed by atoms with van der Waals surface area (Å²) in [6.45, 7) is 2.96. The quantitative estimate of drug-likeness (QED) is 0.670. The van der Waals surface area contributed by atoms with E-state index in [9.17, 15) is 4.79 Å². The van der Waals surface area contributed by atoms with E-state index < -0.39 is 5.97 Å². The molecule has 5 heteroatoms. The van der Waals surface area contributed by atoms with Crippen LogP contribution >= 0.6 is 0 Å². The number of benzene rings is 2. The third-order valence-corrected chi connectivity index (χ3v) is 3.76. The molecule has 0 aliphatic carbocycles. The molecule has 0 radical (unpaired) electrons. The van der Waals surface area contributed by atoms with Crippen molar-refractivity contribution >= 4 is 23.4 Å². The molecule has 1 heterocycles. The minimum atomic E-state index is -1.24. The monoisotopic (exact) mass is 320 g/mol. The number of carboxylic acids is 1. The topological polar surface area (TPSA) is 73.6 Å². The summed E-state index contributed by atoms with van der Waals surface area (Å²) in [6.07, 6.45) is 2.32. The predicted octanol–water partition coefficient (Wildman–Crippen LogP) is 4.33. The van der Waals surface area contributed by atoms with Crippen molar-refractivity contribution in [3.05, 3.63) is 53.6 Å². The third-order valence-electron chi connectivity index (χ3n) is 3.76. The molecule has 1 N–H and O–H groups in total. The number of hydrogen-bond acceptors (Lipinski definition) is 4.